The van der Waals surface area contributed by atoms with Crippen molar-refractivity contribution in [1.82, 2.24) is 15.8 Å². The van der Waals surface area contributed by atoms with Crippen LogP contribution in [0.5, 0.6) is 0 Å². The summed E-state index contributed by atoms with van der Waals surface area (Å²) in [7, 11) is 0. The lowest BCUT2D eigenvalue weighted by Gasteiger charge is -2.17. The fourth-order valence-corrected chi connectivity index (χ4v) is 3.40. The highest BCUT2D eigenvalue weighted by atomic mass is 16.2. The van der Waals surface area contributed by atoms with E-state index < -0.39 is 11.8 Å². The first-order chi connectivity index (χ1) is 13.5. The number of para-hydroxylation sites is 1. The summed E-state index contributed by atoms with van der Waals surface area (Å²) >= 11 is 0. The highest BCUT2D eigenvalue weighted by Crippen LogP contribution is 2.25. The molecule has 1 fully saturated rings. The van der Waals surface area contributed by atoms with Crippen molar-refractivity contribution in [2.75, 3.05) is 11.4 Å². The van der Waals surface area contributed by atoms with Gasteiger partial charge in [-0.3, -0.25) is 25.2 Å². The molecule has 0 bridgehead atoms. The molecule has 0 saturated carbocycles. The number of H-pyrrole nitrogens is 1. The molecule has 7 nitrogen and oxygen atoms in total. The zero-order valence-electron chi connectivity index (χ0n) is 15.4. The maximum Gasteiger partial charge on any atom is 0.271 e. The van der Waals surface area contributed by atoms with Gasteiger partial charge in [-0.15, -0.1) is 0 Å². The van der Waals surface area contributed by atoms with Crippen molar-refractivity contribution >= 4 is 34.3 Å². The summed E-state index contributed by atoms with van der Waals surface area (Å²) in [6.07, 6.45) is 1.72. The van der Waals surface area contributed by atoms with Crippen molar-refractivity contribution in [1.29, 1.82) is 0 Å². The molecule has 3 amide bonds. The Morgan fingerprint density at radius 3 is 2.61 bits per heavy atom. The van der Waals surface area contributed by atoms with E-state index in [0.29, 0.717) is 5.56 Å². The summed E-state index contributed by atoms with van der Waals surface area (Å²) < 4.78 is 0. The first-order valence-corrected chi connectivity index (χ1v) is 9.06. The van der Waals surface area contributed by atoms with Gasteiger partial charge in [-0.25, -0.2) is 0 Å². The Morgan fingerprint density at radius 2 is 1.82 bits per heavy atom. The Kier molecular flexibility index (Phi) is 4.57. The van der Waals surface area contributed by atoms with Crippen molar-refractivity contribution in [2.45, 2.75) is 13.3 Å². The van der Waals surface area contributed by atoms with Gasteiger partial charge in [0.25, 0.3) is 5.91 Å². The molecule has 1 aromatic heterocycles. The quantitative estimate of drug-likeness (QED) is 0.612. The molecular weight excluding hydrogens is 356 g/mol. The molecule has 1 unspecified atom stereocenters. The number of carbonyl (C=O) groups excluding carboxylic acids is 3. The molecule has 1 saturated heterocycles. The van der Waals surface area contributed by atoms with Gasteiger partial charge in [0, 0.05) is 35.8 Å². The molecule has 1 atom stereocenters. The van der Waals surface area contributed by atoms with Crippen LogP contribution in [0, 0.1) is 12.8 Å². The summed E-state index contributed by atoms with van der Waals surface area (Å²) in [5, 5.41) is 0.774. The van der Waals surface area contributed by atoms with E-state index in [1.54, 1.807) is 11.1 Å². The van der Waals surface area contributed by atoms with Crippen LogP contribution in [0.4, 0.5) is 5.69 Å². The summed E-state index contributed by atoms with van der Waals surface area (Å²) in [6, 6.07) is 15.0. The molecule has 0 spiro atoms. The van der Waals surface area contributed by atoms with Gasteiger partial charge in [0.05, 0.1) is 11.5 Å². The van der Waals surface area contributed by atoms with E-state index in [2.05, 4.69) is 15.8 Å². The predicted octanol–water partition coefficient (Wildman–Crippen LogP) is 2.29. The first-order valence-electron chi connectivity index (χ1n) is 9.06. The lowest BCUT2D eigenvalue weighted by molar-refractivity contribution is -0.126. The minimum absolute atomic E-state index is 0.105. The highest BCUT2D eigenvalue weighted by Gasteiger charge is 2.35. The summed E-state index contributed by atoms with van der Waals surface area (Å²) in [6.45, 7) is 2.26. The number of fused-ring (bicyclic) bond motifs is 1. The molecule has 1 aliphatic rings. The van der Waals surface area contributed by atoms with Crippen LogP contribution in [-0.4, -0.2) is 29.3 Å². The molecule has 2 aromatic carbocycles. The number of aromatic nitrogens is 1. The first kappa shape index (κ1) is 17.8. The fraction of sp³-hybridized carbons (Fsp3) is 0.190. The summed E-state index contributed by atoms with van der Waals surface area (Å²) in [5.74, 6) is -1.41. The second-order valence-corrected chi connectivity index (χ2v) is 6.93. The van der Waals surface area contributed by atoms with E-state index in [0.717, 1.165) is 22.2 Å². The molecular formula is C21H20N4O3. The standard InChI is InChI=1S/C21H20N4O3/c1-13-6-8-15(9-7-13)25-12-14(10-19(25)26)20(27)23-24-21(28)17-11-22-18-5-3-2-4-16(17)18/h2-9,11,14,22H,10,12H2,1H3,(H,23,27)(H,24,28). The van der Waals surface area contributed by atoms with Gasteiger partial charge >= 0.3 is 0 Å². The number of anilines is 1. The Balaban J connectivity index is 1.38. The number of hydrogen-bond acceptors (Lipinski definition) is 3. The maximum atomic E-state index is 12.4. The zero-order chi connectivity index (χ0) is 19.7. The van der Waals surface area contributed by atoms with Crippen LogP contribution >= 0.6 is 0 Å². The monoisotopic (exact) mass is 376 g/mol. The van der Waals surface area contributed by atoms with Gasteiger partial charge in [-0.2, -0.15) is 0 Å². The number of aryl methyl sites for hydroxylation is 1. The number of hydrazine groups is 1. The lowest BCUT2D eigenvalue weighted by Crippen LogP contribution is -2.45. The third-order valence-corrected chi connectivity index (χ3v) is 4.97. The van der Waals surface area contributed by atoms with E-state index in [4.69, 9.17) is 0 Å². The van der Waals surface area contributed by atoms with Crippen LogP contribution in [0.25, 0.3) is 10.9 Å². The van der Waals surface area contributed by atoms with Gasteiger partial charge in [0.2, 0.25) is 11.8 Å². The van der Waals surface area contributed by atoms with Gasteiger partial charge in [-0.05, 0) is 25.1 Å². The van der Waals surface area contributed by atoms with Crippen molar-refractivity contribution < 1.29 is 14.4 Å². The second kappa shape index (κ2) is 7.19. The average molecular weight is 376 g/mol. The molecule has 0 aliphatic carbocycles. The van der Waals surface area contributed by atoms with E-state index >= 15 is 0 Å². The van der Waals surface area contributed by atoms with Crippen LogP contribution in [0.1, 0.15) is 22.3 Å². The largest absolute Gasteiger partial charge is 0.360 e. The highest BCUT2D eigenvalue weighted by molar-refractivity contribution is 6.07. The topological polar surface area (TPSA) is 94.3 Å². The molecule has 7 heteroatoms. The summed E-state index contributed by atoms with van der Waals surface area (Å²) in [5.41, 5.74) is 8.05. The van der Waals surface area contributed by atoms with E-state index in [-0.39, 0.29) is 24.8 Å². The molecule has 28 heavy (non-hydrogen) atoms. The number of benzene rings is 2. The Morgan fingerprint density at radius 1 is 1.07 bits per heavy atom. The Hall–Kier alpha value is -3.61. The molecule has 2 heterocycles. The molecule has 3 N–H and O–H groups in total. The molecule has 1 aliphatic heterocycles. The molecule has 142 valence electrons. The zero-order valence-corrected chi connectivity index (χ0v) is 15.4. The van der Waals surface area contributed by atoms with Gasteiger partial charge in [-0.1, -0.05) is 35.9 Å². The summed E-state index contributed by atoms with van der Waals surface area (Å²) in [4.78, 5) is 41.8. The number of hydrogen-bond donors (Lipinski definition) is 3. The van der Waals surface area contributed by atoms with E-state index in [9.17, 15) is 14.4 Å². The predicted molar refractivity (Wildman–Crippen MR) is 106 cm³/mol. The smallest absolute Gasteiger partial charge is 0.271 e. The van der Waals surface area contributed by atoms with Crippen molar-refractivity contribution in [2.24, 2.45) is 5.92 Å². The second-order valence-electron chi connectivity index (χ2n) is 6.93. The SMILES string of the molecule is Cc1ccc(N2CC(C(=O)NNC(=O)c3c[nH]c4ccccc34)CC2=O)cc1. The fourth-order valence-electron chi connectivity index (χ4n) is 3.40. The van der Waals surface area contributed by atoms with Crippen molar-refractivity contribution in [3.8, 4) is 0 Å². The van der Waals surface area contributed by atoms with Crippen molar-refractivity contribution in [3.63, 3.8) is 0 Å². The molecule has 0 radical (unpaired) electrons. The van der Waals surface area contributed by atoms with Gasteiger partial charge in [0.15, 0.2) is 0 Å². The van der Waals surface area contributed by atoms with E-state index in [1.807, 2.05) is 55.5 Å². The van der Waals surface area contributed by atoms with Gasteiger partial charge < -0.3 is 9.88 Å². The van der Waals surface area contributed by atoms with Crippen LogP contribution in [-0.2, 0) is 9.59 Å². The number of rotatable bonds is 3. The number of nitrogens with zero attached hydrogens (tertiary/aromatic N) is 1. The minimum Gasteiger partial charge on any atom is -0.360 e. The molecule has 4 rings (SSSR count). The average Bonchev–Trinajstić information content (AvgIpc) is 3.30. The number of carbonyl (C=O) groups is 3. The van der Waals surface area contributed by atoms with Crippen LogP contribution in [0.3, 0.4) is 0 Å². The maximum absolute atomic E-state index is 12.4. The Labute approximate surface area is 161 Å². The van der Waals surface area contributed by atoms with Gasteiger partial charge in [0.1, 0.15) is 0 Å². The van der Waals surface area contributed by atoms with Crippen LogP contribution in [0.15, 0.2) is 54.7 Å². The minimum atomic E-state index is -0.517. The van der Waals surface area contributed by atoms with E-state index in [1.165, 1.54) is 0 Å². The molecule has 3 aromatic rings. The van der Waals surface area contributed by atoms with Crippen LogP contribution < -0.4 is 15.8 Å². The number of nitrogens with one attached hydrogen (secondary N) is 3. The van der Waals surface area contributed by atoms with Crippen LogP contribution in [0.2, 0.25) is 0 Å². The normalized spacial score (nSPS) is 16.4. The Bertz CT molecular complexity index is 1050. The number of amides is 3. The van der Waals surface area contributed by atoms with Crippen molar-refractivity contribution in [3.05, 3.63) is 65.9 Å². The third kappa shape index (κ3) is 3.34. The third-order valence-electron chi connectivity index (χ3n) is 4.97. The lowest BCUT2D eigenvalue weighted by atomic mass is 10.1. The number of aromatic amines is 1.